The van der Waals surface area contributed by atoms with Gasteiger partial charge in [-0.3, -0.25) is 9.59 Å². The van der Waals surface area contributed by atoms with Gasteiger partial charge in [-0.25, -0.2) is 9.78 Å². The first-order valence-electron chi connectivity index (χ1n) is 5.76. The van der Waals surface area contributed by atoms with Gasteiger partial charge < -0.3 is 15.2 Å². The van der Waals surface area contributed by atoms with Gasteiger partial charge in [-0.1, -0.05) is 11.6 Å². The van der Waals surface area contributed by atoms with Gasteiger partial charge in [0.15, 0.2) is 0 Å². The van der Waals surface area contributed by atoms with Crippen LogP contribution >= 0.6 is 27.5 Å². The molecular formula is C12H12BrClN2O5. The van der Waals surface area contributed by atoms with Gasteiger partial charge in [0.05, 0.1) is 12.7 Å². The van der Waals surface area contributed by atoms with Crippen LogP contribution in [0.15, 0.2) is 16.7 Å². The molecule has 0 spiro atoms. The van der Waals surface area contributed by atoms with E-state index in [2.05, 4.69) is 31.0 Å². The number of hydrogen-bond acceptors (Lipinski definition) is 5. The zero-order chi connectivity index (χ0) is 16.0. The molecule has 1 aromatic heterocycles. The Bertz CT molecular complexity index is 567. The van der Waals surface area contributed by atoms with Crippen LogP contribution in [0.1, 0.15) is 23.2 Å². The van der Waals surface area contributed by atoms with Gasteiger partial charge >= 0.3 is 11.9 Å². The van der Waals surface area contributed by atoms with Crippen molar-refractivity contribution < 1.29 is 24.2 Å². The van der Waals surface area contributed by atoms with Crippen LogP contribution in [0.3, 0.4) is 0 Å². The predicted octanol–water partition coefficient (Wildman–Crippen LogP) is 1.63. The lowest BCUT2D eigenvalue weighted by Crippen LogP contribution is -2.41. The zero-order valence-corrected chi connectivity index (χ0v) is 13.3. The lowest BCUT2D eigenvalue weighted by Gasteiger charge is -2.14. The number of ether oxygens (including phenoxy) is 1. The number of carboxylic acid groups (broad SMARTS) is 1. The molecule has 1 rings (SSSR count). The van der Waals surface area contributed by atoms with Crippen molar-refractivity contribution in [1.29, 1.82) is 0 Å². The molecule has 1 atom stereocenters. The molecule has 7 nitrogen and oxygen atoms in total. The molecule has 0 bridgehead atoms. The Balaban J connectivity index is 2.79. The molecule has 1 amide bonds. The van der Waals surface area contributed by atoms with Gasteiger partial charge in [-0.2, -0.15) is 0 Å². The molecule has 1 heterocycles. The van der Waals surface area contributed by atoms with E-state index in [-0.39, 0.29) is 23.6 Å². The maximum atomic E-state index is 12.0. The van der Waals surface area contributed by atoms with Crippen LogP contribution in [0.5, 0.6) is 0 Å². The van der Waals surface area contributed by atoms with Crippen molar-refractivity contribution >= 4 is 45.4 Å². The molecule has 0 saturated carbocycles. The van der Waals surface area contributed by atoms with E-state index in [4.69, 9.17) is 16.7 Å². The van der Waals surface area contributed by atoms with E-state index in [1.54, 1.807) is 0 Å². The number of halogens is 2. The second kappa shape index (κ2) is 7.94. The van der Waals surface area contributed by atoms with Gasteiger partial charge in [0, 0.05) is 17.1 Å². The molecule has 0 radical (unpaired) electrons. The number of carbonyl (C=O) groups excluding carboxylic acids is 2. The minimum absolute atomic E-state index is 0.0374. The van der Waals surface area contributed by atoms with Crippen LogP contribution in [-0.2, 0) is 14.3 Å². The average Bonchev–Trinajstić information content (AvgIpc) is 2.44. The van der Waals surface area contributed by atoms with E-state index >= 15 is 0 Å². The molecule has 114 valence electrons. The fourth-order valence-corrected chi connectivity index (χ4v) is 1.96. The number of methoxy groups -OCH3 is 1. The number of nitrogens with zero attached hydrogens (tertiary/aromatic N) is 1. The summed E-state index contributed by atoms with van der Waals surface area (Å²) in [4.78, 5) is 37.9. The van der Waals surface area contributed by atoms with Crippen LogP contribution in [-0.4, -0.2) is 41.1 Å². The Kier molecular flexibility index (Phi) is 6.57. The first kappa shape index (κ1) is 17.4. The fraction of sp³-hybridized carbons (Fsp3) is 0.333. The second-order valence-electron chi connectivity index (χ2n) is 3.97. The number of aliphatic carboxylic acids is 1. The molecule has 2 N–H and O–H groups in total. The molecule has 9 heteroatoms. The summed E-state index contributed by atoms with van der Waals surface area (Å²) in [5, 5.41) is 11.3. The highest BCUT2D eigenvalue weighted by molar-refractivity contribution is 9.10. The number of carbonyl (C=O) groups is 3. The molecule has 0 aliphatic heterocycles. The SMILES string of the molecule is COC(=O)CC[C@@H](NC(=O)c1cc(Br)cnc1Cl)C(=O)O. The van der Waals surface area contributed by atoms with Gasteiger partial charge in [0.2, 0.25) is 0 Å². The number of carboxylic acids is 1. The van der Waals surface area contributed by atoms with Gasteiger partial charge in [0.1, 0.15) is 11.2 Å². The van der Waals surface area contributed by atoms with E-state index in [0.717, 1.165) is 0 Å². The topological polar surface area (TPSA) is 106 Å². The molecule has 0 aromatic carbocycles. The highest BCUT2D eigenvalue weighted by Crippen LogP contribution is 2.18. The van der Waals surface area contributed by atoms with Gasteiger partial charge in [-0.05, 0) is 28.4 Å². The molecule has 0 fully saturated rings. The fourth-order valence-electron chi connectivity index (χ4n) is 1.44. The van der Waals surface area contributed by atoms with Crippen LogP contribution in [0, 0.1) is 0 Å². The highest BCUT2D eigenvalue weighted by Gasteiger charge is 2.23. The Morgan fingerprint density at radius 1 is 1.52 bits per heavy atom. The smallest absolute Gasteiger partial charge is 0.326 e. The third-order valence-corrected chi connectivity index (χ3v) is 3.25. The van der Waals surface area contributed by atoms with Crippen molar-refractivity contribution in [3.8, 4) is 0 Å². The molecule has 0 aliphatic rings. The van der Waals surface area contributed by atoms with Gasteiger partial charge in [-0.15, -0.1) is 0 Å². The molecule has 21 heavy (non-hydrogen) atoms. The normalized spacial score (nSPS) is 11.6. The maximum absolute atomic E-state index is 12.0. The lowest BCUT2D eigenvalue weighted by atomic mass is 10.1. The monoisotopic (exact) mass is 378 g/mol. The summed E-state index contributed by atoms with van der Waals surface area (Å²) in [5.41, 5.74) is 0.0374. The molecular weight excluding hydrogens is 367 g/mol. The Morgan fingerprint density at radius 2 is 2.19 bits per heavy atom. The first-order valence-corrected chi connectivity index (χ1v) is 6.93. The lowest BCUT2D eigenvalue weighted by molar-refractivity contribution is -0.142. The van der Waals surface area contributed by atoms with E-state index in [1.807, 2.05) is 0 Å². The number of nitrogens with one attached hydrogen (secondary N) is 1. The number of aromatic nitrogens is 1. The summed E-state index contributed by atoms with van der Waals surface area (Å²) < 4.78 is 4.95. The van der Waals surface area contributed by atoms with Crippen LogP contribution < -0.4 is 5.32 Å². The minimum Gasteiger partial charge on any atom is -0.480 e. The quantitative estimate of drug-likeness (QED) is 0.575. The highest BCUT2D eigenvalue weighted by atomic mass is 79.9. The van der Waals surface area contributed by atoms with Crippen molar-refractivity contribution in [2.45, 2.75) is 18.9 Å². The number of amides is 1. The Hall–Kier alpha value is -1.67. The standard InChI is InChI=1S/C12H12BrClN2O5/c1-21-9(17)3-2-8(12(19)20)16-11(18)7-4-6(13)5-15-10(7)14/h4-5,8H,2-3H2,1H3,(H,16,18)(H,19,20)/t8-/m1/s1. The average molecular weight is 380 g/mol. The number of pyridine rings is 1. The van der Waals surface area contributed by atoms with Crippen LogP contribution in [0.2, 0.25) is 5.15 Å². The second-order valence-corrected chi connectivity index (χ2v) is 5.24. The summed E-state index contributed by atoms with van der Waals surface area (Å²) in [7, 11) is 1.20. The summed E-state index contributed by atoms with van der Waals surface area (Å²) in [6.07, 6.45) is 1.19. The van der Waals surface area contributed by atoms with Crippen molar-refractivity contribution in [3.05, 3.63) is 27.5 Å². The molecule has 0 aliphatic carbocycles. The maximum Gasteiger partial charge on any atom is 0.326 e. The van der Waals surface area contributed by atoms with Crippen molar-refractivity contribution in [3.63, 3.8) is 0 Å². The third kappa shape index (κ3) is 5.31. The number of rotatable bonds is 6. The summed E-state index contributed by atoms with van der Waals surface area (Å²) >= 11 is 8.93. The van der Waals surface area contributed by atoms with E-state index < -0.39 is 23.9 Å². The number of hydrogen-bond donors (Lipinski definition) is 2. The van der Waals surface area contributed by atoms with Crippen LogP contribution in [0.25, 0.3) is 0 Å². The summed E-state index contributed by atoms with van der Waals surface area (Å²) in [5.74, 6) is -2.50. The van der Waals surface area contributed by atoms with Crippen molar-refractivity contribution in [2.75, 3.05) is 7.11 Å². The van der Waals surface area contributed by atoms with Crippen LogP contribution in [0.4, 0.5) is 0 Å². The van der Waals surface area contributed by atoms with Crippen molar-refractivity contribution in [1.82, 2.24) is 10.3 Å². The molecule has 1 aromatic rings. The number of esters is 1. The minimum atomic E-state index is -1.26. The Morgan fingerprint density at radius 3 is 2.76 bits per heavy atom. The summed E-state index contributed by atoms with van der Waals surface area (Å²) in [6.45, 7) is 0. The largest absolute Gasteiger partial charge is 0.480 e. The van der Waals surface area contributed by atoms with E-state index in [0.29, 0.717) is 4.47 Å². The van der Waals surface area contributed by atoms with Gasteiger partial charge in [0.25, 0.3) is 5.91 Å². The Labute approximate surface area is 133 Å². The summed E-state index contributed by atoms with van der Waals surface area (Å²) in [6, 6.07) is 0.191. The predicted molar refractivity (Wildman–Crippen MR) is 77.1 cm³/mol. The molecule has 0 saturated heterocycles. The first-order chi connectivity index (χ1) is 9.85. The molecule has 0 unspecified atom stereocenters. The van der Waals surface area contributed by atoms with Crippen molar-refractivity contribution in [2.24, 2.45) is 0 Å². The van der Waals surface area contributed by atoms with E-state index in [1.165, 1.54) is 19.4 Å². The zero-order valence-electron chi connectivity index (χ0n) is 10.9. The third-order valence-electron chi connectivity index (χ3n) is 2.52. The van der Waals surface area contributed by atoms with E-state index in [9.17, 15) is 14.4 Å².